The van der Waals surface area contributed by atoms with Crippen LogP contribution in [-0.2, 0) is 52.9 Å². The molecule has 6 amide bonds. The molecule has 4 unspecified atom stereocenters. The molecule has 13 heteroatoms. The molecule has 3 aromatic carbocycles. The third-order valence-corrected chi connectivity index (χ3v) is 10.3. The SMILES string of the molecule is CCCC(NC(=O)C1Cc2ccc(C)cc2CN1C(=O)CNC(=O)CCc1ccc(C(C)CC)cc1)C(=O)C(=O)NCC(=O)NC(C(=O)N(C)C)c1ccccc1. The van der Waals surface area contributed by atoms with Crippen molar-refractivity contribution in [2.24, 2.45) is 0 Å². The second-order valence-corrected chi connectivity index (χ2v) is 14.9. The molecule has 0 aromatic heterocycles. The number of amides is 6. The number of Topliss-reactive ketones (excluding diaryl/α,β-unsaturated/α-hetero) is 1. The highest BCUT2D eigenvalue weighted by Crippen LogP contribution is 2.25. The molecule has 0 aliphatic carbocycles. The lowest BCUT2D eigenvalue weighted by Crippen LogP contribution is -2.58. The minimum atomic E-state index is -1.23. The molecule has 1 aliphatic rings. The van der Waals surface area contributed by atoms with Gasteiger partial charge in [0, 0.05) is 33.5 Å². The van der Waals surface area contributed by atoms with Crippen LogP contribution in [-0.4, -0.2) is 90.3 Å². The van der Waals surface area contributed by atoms with Crippen LogP contribution in [0, 0.1) is 6.92 Å². The summed E-state index contributed by atoms with van der Waals surface area (Å²) < 4.78 is 0. The van der Waals surface area contributed by atoms with Gasteiger partial charge in [0.2, 0.25) is 35.3 Å². The summed E-state index contributed by atoms with van der Waals surface area (Å²) in [5, 5.41) is 10.3. The van der Waals surface area contributed by atoms with E-state index in [9.17, 15) is 33.6 Å². The average molecular weight is 781 g/mol. The molecule has 4 N–H and O–H groups in total. The first-order valence-electron chi connectivity index (χ1n) is 19.6. The number of aryl methyl sites for hydroxylation is 2. The normalized spacial score (nSPS) is 14.9. The van der Waals surface area contributed by atoms with Gasteiger partial charge in [0.1, 0.15) is 12.1 Å². The molecule has 1 aliphatic heterocycles. The summed E-state index contributed by atoms with van der Waals surface area (Å²) in [6, 6.07) is 19.4. The lowest BCUT2D eigenvalue weighted by molar-refractivity contribution is -0.144. The number of ketones is 1. The summed E-state index contributed by atoms with van der Waals surface area (Å²) in [5.41, 5.74) is 5.55. The molecule has 13 nitrogen and oxygen atoms in total. The highest BCUT2D eigenvalue weighted by molar-refractivity contribution is 6.38. The maximum atomic E-state index is 13.9. The largest absolute Gasteiger partial charge is 0.347 e. The molecule has 0 saturated heterocycles. The Bertz CT molecular complexity index is 1910. The molecule has 1 heterocycles. The minimum Gasteiger partial charge on any atom is -0.347 e. The van der Waals surface area contributed by atoms with Gasteiger partial charge in [0.25, 0.3) is 5.91 Å². The van der Waals surface area contributed by atoms with E-state index >= 15 is 0 Å². The number of fused-ring (bicyclic) bond motifs is 1. The summed E-state index contributed by atoms with van der Waals surface area (Å²) in [6.07, 6.45) is 2.48. The number of hydrogen-bond donors (Lipinski definition) is 4. The quantitative estimate of drug-likeness (QED) is 0.143. The molecule has 57 heavy (non-hydrogen) atoms. The highest BCUT2D eigenvalue weighted by atomic mass is 16.2. The van der Waals surface area contributed by atoms with Crippen molar-refractivity contribution in [3.63, 3.8) is 0 Å². The fourth-order valence-corrected chi connectivity index (χ4v) is 6.71. The molecule has 0 saturated carbocycles. The summed E-state index contributed by atoms with van der Waals surface area (Å²) >= 11 is 0. The number of likely N-dealkylation sites (N-methyl/N-ethyl adjacent to an activating group) is 1. The van der Waals surface area contributed by atoms with Gasteiger partial charge in [-0.1, -0.05) is 106 Å². The van der Waals surface area contributed by atoms with Crippen molar-refractivity contribution in [3.8, 4) is 0 Å². The van der Waals surface area contributed by atoms with E-state index in [0.717, 1.165) is 28.7 Å². The molecule has 4 rings (SSSR count). The second-order valence-electron chi connectivity index (χ2n) is 14.9. The molecule has 0 spiro atoms. The van der Waals surface area contributed by atoms with Gasteiger partial charge >= 0.3 is 0 Å². The lowest BCUT2D eigenvalue weighted by Gasteiger charge is -2.37. The van der Waals surface area contributed by atoms with Crippen molar-refractivity contribution in [2.45, 2.75) is 96.8 Å². The van der Waals surface area contributed by atoms with E-state index in [1.165, 1.54) is 15.4 Å². The van der Waals surface area contributed by atoms with Crippen LogP contribution in [0.3, 0.4) is 0 Å². The Balaban J connectivity index is 1.38. The maximum absolute atomic E-state index is 13.9. The highest BCUT2D eigenvalue weighted by Gasteiger charge is 2.37. The van der Waals surface area contributed by atoms with E-state index in [1.807, 2.05) is 37.3 Å². The first-order chi connectivity index (χ1) is 27.2. The number of carbonyl (C=O) groups is 7. The van der Waals surface area contributed by atoms with Crippen LogP contribution < -0.4 is 21.3 Å². The third kappa shape index (κ3) is 12.3. The minimum absolute atomic E-state index is 0.120. The summed E-state index contributed by atoms with van der Waals surface area (Å²) in [4.78, 5) is 95.4. The average Bonchev–Trinajstić information content (AvgIpc) is 3.21. The van der Waals surface area contributed by atoms with Gasteiger partial charge in [-0.15, -0.1) is 0 Å². The van der Waals surface area contributed by atoms with Crippen molar-refractivity contribution < 1.29 is 33.6 Å². The number of rotatable bonds is 18. The molecule has 0 radical (unpaired) electrons. The van der Waals surface area contributed by atoms with E-state index in [1.54, 1.807) is 51.4 Å². The van der Waals surface area contributed by atoms with Gasteiger partial charge in [-0.25, -0.2) is 0 Å². The van der Waals surface area contributed by atoms with Gasteiger partial charge in [-0.3, -0.25) is 33.6 Å². The summed E-state index contributed by atoms with van der Waals surface area (Å²) in [6.45, 7) is 7.26. The molecule has 0 fully saturated rings. The van der Waals surface area contributed by atoms with E-state index in [0.29, 0.717) is 24.3 Å². The van der Waals surface area contributed by atoms with Crippen molar-refractivity contribution in [3.05, 3.63) is 106 Å². The van der Waals surface area contributed by atoms with Crippen molar-refractivity contribution in [1.29, 1.82) is 0 Å². The van der Waals surface area contributed by atoms with Crippen LogP contribution in [0.4, 0.5) is 0 Å². The Labute approximate surface area is 335 Å². The Morgan fingerprint density at radius 3 is 2.16 bits per heavy atom. The lowest BCUT2D eigenvalue weighted by atomic mass is 9.91. The molecule has 4 atom stereocenters. The fourth-order valence-electron chi connectivity index (χ4n) is 6.71. The van der Waals surface area contributed by atoms with Gasteiger partial charge in [0.05, 0.1) is 19.1 Å². The monoisotopic (exact) mass is 780 g/mol. The van der Waals surface area contributed by atoms with E-state index in [4.69, 9.17) is 0 Å². The zero-order chi connectivity index (χ0) is 41.6. The van der Waals surface area contributed by atoms with Crippen molar-refractivity contribution >= 4 is 41.2 Å². The first-order valence-corrected chi connectivity index (χ1v) is 19.6. The van der Waals surface area contributed by atoms with E-state index in [2.05, 4.69) is 47.2 Å². The van der Waals surface area contributed by atoms with E-state index < -0.39 is 54.1 Å². The Hall–Kier alpha value is -5.85. The van der Waals surface area contributed by atoms with Gasteiger partial charge in [-0.05, 0) is 59.9 Å². The van der Waals surface area contributed by atoms with Crippen LogP contribution in [0.25, 0.3) is 0 Å². The number of nitrogens with zero attached hydrogens (tertiary/aromatic N) is 2. The number of hydrogen-bond acceptors (Lipinski definition) is 7. The number of benzene rings is 3. The predicted molar refractivity (Wildman–Crippen MR) is 217 cm³/mol. The molecule has 0 bridgehead atoms. The Morgan fingerprint density at radius 1 is 0.807 bits per heavy atom. The molecular formula is C44H56N6O7. The molecular weight excluding hydrogens is 725 g/mol. The van der Waals surface area contributed by atoms with Crippen LogP contribution >= 0.6 is 0 Å². The van der Waals surface area contributed by atoms with Crippen LogP contribution in [0.5, 0.6) is 0 Å². The van der Waals surface area contributed by atoms with Crippen molar-refractivity contribution in [2.75, 3.05) is 27.2 Å². The van der Waals surface area contributed by atoms with Crippen LogP contribution in [0.1, 0.15) is 91.8 Å². The predicted octanol–water partition coefficient (Wildman–Crippen LogP) is 3.43. The topological polar surface area (TPSA) is 174 Å². The van der Waals surface area contributed by atoms with Gasteiger partial charge in [0.15, 0.2) is 0 Å². The Morgan fingerprint density at radius 2 is 1.51 bits per heavy atom. The van der Waals surface area contributed by atoms with Crippen LogP contribution in [0.15, 0.2) is 72.8 Å². The second kappa shape index (κ2) is 20.9. The van der Waals surface area contributed by atoms with Crippen LogP contribution in [0.2, 0.25) is 0 Å². The summed E-state index contributed by atoms with van der Waals surface area (Å²) in [7, 11) is 3.12. The van der Waals surface area contributed by atoms with Crippen molar-refractivity contribution in [1.82, 2.24) is 31.1 Å². The maximum Gasteiger partial charge on any atom is 0.290 e. The third-order valence-electron chi connectivity index (χ3n) is 10.3. The van der Waals surface area contributed by atoms with Gasteiger partial charge < -0.3 is 31.1 Å². The molecule has 3 aromatic rings. The van der Waals surface area contributed by atoms with E-state index in [-0.39, 0.29) is 44.2 Å². The first kappa shape index (κ1) is 43.9. The smallest absolute Gasteiger partial charge is 0.290 e. The van der Waals surface area contributed by atoms with Gasteiger partial charge in [-0.2, -0.15) is 0 Å². The zero-order valence-corrected chi connectivity index (χ0v) is 33.9. The Kier molecular flexibility index (Phi) is 16.1. The zero-order valence-electron chi connectivity index (χ0n) is 33.9. The standard InChI is InChI=1S/C44H56N6O7/c1-7-12-35(41(54)43(56)46-25-38(52)48-40(44(57)49(5)6)32-13-10-9-11-14-32)47-42(55)36-24-33-19-15-28(3)23-34(33)27-50(36)39(53)26-45-37(51)22-18-30-16-20-31(21-17-30)29(4)8-2/h9-11,13-17,19-21,23,29,35-36,40H,7-8,12,18,22,24-27H2,1-6H3,(H,45,51)(H,46,56)(H,47,55)(H,48,52). The number of nitrogens with one attached hydrogen (secondary N) is 4. The summed E-state index contributed by atoms with van der Waals surface area (Å²) in [5.74, 6) is -4.02. The molecule has 304 valence electrons. The fraction of sp³-hybridized carbons (Fsp3) is 0.432. The number of carbonyl (C=O) groups excluding carboxylic acids is 7.